The second-order valence-corrected chi connectivity index (χ2v) is 8.02. The first-order chi connectivity index (χ1) is 10.8. The molecule has 0 bridgehead atoms. The third-order valence-corrected chi connectivity index (χ3v) is 6.07. The van der Waals surface area contributed by atoms with Crippen LogP contribution in [0.2, 0.25) is 15.1 Å². The number of nitrogens with zero attached hydrogens (tertiary/aromatic N) is 2. The molecule has 10 heteroatoms. The molecule has 0 spiro atoms. The van der Waals surface area contributed by atoms with E-state index < -0.39 is 16.2 Å². The average Bonchev–Trinajstić information content (AvgIpc) is 2.59. The third kappa shape index (κ3) is 4.03. The van der Waals surface area contributed by atoms with Crippen molar-refractivity contribution in [2.45, 2.75) is 12.8 Å². The molecule has 1 saturated heterocycles. The first-order valence-electron chi connectivity index (χ1n) is 6.76. The lowest BCUT2D eigenvalue weighted by Gasteiger charge is -2.29. The molecule has 1 aliphatic rings. The zero-order chi connectivity index (χ0) is 17.2. The smallest absolute Gasteiger partial charge is 0.321 e. The number of carbonyl (C=O) groups is 1. The molecule has 1 aromatic carbocycles. The SMILES string of the molecule is COC(=O)CN1CCCCN(c2c(Cl)cc(Cl)cc2Cl)S1(=O)=O. The van der Waals surface area contributed by atoms with Gasteiger partial charge in [0, 0.05) is 18.1 Å². The molecule has 2 rings (SSSR count). The van der Waals surface area contributed by atoms with Crippen molar-refractivity contribution in [3.8, 4) is 0 Å². The molecule has 0 N–H and O–H groups in total. The number of methoxy groups -OCH3 is 1. The van der Waals surface area contributed by atoms with Gasteiger partial charge in [-0.25, -0.2) is 0 Å². The van der Waals surface area contributed by atoms with Crippen LogP contribution in [0.15, 0.2) is 12.1 Å². The van der Waals surface area contributed by atoms with Gasteiger partial charge in [-0.05, 0) is 25.0 Å². The lowest BCUT2D eigenvalue weighted by Crippen LogP contribution is -2.45. The predicted octanol–water partition coefficient (Wildman–Crippen LogP) is 2.97. The number of benzene rings is 1. The van der Waals surface area contributed by atoms with Gasteiger partial charge in [-0.2, -0.15) is 12.7 Å². The molecule has 6 nitrogen and oxygen atoms in total. The molecule has 0 saturated carbocycles. The number of anilines is 1. The molecule has 1 aromatic rings. The van der Waals surface area contributed by atoms with Crippen molar-refractivity contribution < 1.29 is 17.9 Å². The first kappa shape index (κ1) is 18.6. The van der Waals surface area contributed by atoms with E-state index in [1.807, 2.05) is 0 Å². The summed E-state index contributed by atoms with van der Waals surface area (Å²) in [5.74, 6) is -0.635. The van der Waals surface area contributed by atoms with E-state index in [9.17, 15) is 13.2 Å². The van der Waals surface area contributed by atoms with Crippen LogP contribution in [0.5, 0.6) is 0 Å². The van der Waals surface area contributed by atoms with Crippen LogP contribution in [0.25, 0.3) is 0 Å². The second-order valence-electron chi connectivity index (χ2n) is 4.91. The Balaban J connectivity index is 2.47. The zero-order valence-corrected chi connectivity index (χ0v) is 15.3. The van der Waals surface area contributed by atoms with Crippen LogP contribution in [0.1, 0.15) is 12.8 Å². The summed E-state index contributed by atoms with van der Waals surface area (Å²) in [7, 11) is -2.76. The Labute approximate surface area is 150 Å². The van der Waals surface area contributed by atoms with Gasteiger partial charge in [-0.3, -0.25) is 9.10 Å². The molecule has 1 aliphatic heterocycles. The highest BCUT2D eigenvalue weighted by Crippen LogP contribution is 2.39. The van der Waals surface area contributed by atoms with Crippen LogP contribution >= 0.6 is 34.8 Å². The minimum atomic E-state index is -3.96. The largest absolute Gasteiger partial charge is 0.468 e. The second kappa shape index (κ2) is 7.44. The van der Waals surface area contributed by atoms with E-state index in [4.69, 9.17) is 34.8 Å². The molecule has 128 valence electrons. The number of carbonyl (C=O) groups excluding carboxylic acids is 1. The highest BCUT2D eigenvalue weighted by atomic mass is 35.5. The topological polar surface area (TPSA) is 66.9 Å². The summed E-state index contributed by atoms with van der Waals surface area (Å²) < 4.78 is 32.5. The summed E-state index contributed by atoms with van der Waals surface area (Å²) in [6.45, 7) is 0.0655. The fraction of sp³-hybridized carbons (Fsp3) is 0.462. The first-order valence-corrected chi connectivity index (χ1v) is 9.29. The minimum Gasteiger partial charge on any atom is -0.468 e. The molecule has 1 heterocycles. The summed E-state index contributed by atoms with van der Waals surface area (Å²) in [5.41, 5.74) is 0.162. The van der Waals surface area contributed by atoms with E-state index in [1.165, 1.54) is 19.2 Å². The number of esters is 1. The number of ether oxygens (including phenoxy) is 1. The van der Waals surface area contributed by atoms with Crippen LogP contribution in [0.4, 0.5) is 5.69 Å². The van der Waals surface area contributed by atoms with Crippen molar-refractivity contribution >= 4 is 56.7 Å². The fourth-order valence-electron chi connectivity index (χ4n) is 2.28. The van der Waals surface area contributed by atoms with Crippen LogP contribution < -0.4 is 4.31 Å². The highest BCUT2D eigenvalue weighted by molar-refractivity contribution is 7.90. The number of halogens is 3. The Morgan fingerprint density at radius 3 is 2.30 bits per heavy atom. The molecule has 23 heavy (non-hydrogen) atoms. The Kier molecular flexibility index (Phi) is 6.02. The summed E-state index contributed by atoms with van der Waals surface area (Å²) in [4.78, 5) is 11.5. The van der Waals surface area contributed by atoms with Crippen LogP contribution in [-0.4, -0.2) is 45.4 Å². The standard InChI is InChI=1S/C13H15Cl3N2O4S/c1-22-12(19)8-17-4-2-3-5-18(23(17,20)21)13-10(15)6-9(14)7-11(13)16/h6-7H,2-5,8H2,1H3. The van der Waals surface area contributed by atoms with Gasteiger partial charge >= 0.3 is 16.2 Å². The van der Waals surface area contributed by atoms with Crippen LogP contribution in [-0.2, 0) is 19.7 Å². The van der Waals surface area contributed by atoms with Gasteiger partial charge in [-0.15, -0.1) is 0 Å². The quantitative estimate of drug-likeness (QED) is 0.730. The Morgan fingerprint density at radius 1 is 1.17 bits per heavy atom. The maximum atomic E-state index is 12.9. The average molecular weight is 402 g/mol. The predicted molar refractivity (Wildman–Crippen MR) is 90.6 cm³/mol. The van der Waals surface area contributed by atoms with Crippen molar-refractivity contribution in [2.24, 2.45) is 0 Å². The monoisotopic (exact) mass is 400 g/mol. The normalized spacial score (nSPS) is 18.5. The van der Waals surface area contributed by atoms with Gasteiger partial charge < -0.3 is 4.74 Å². The molecule has 0 amide bonds. The fourth-order valence-corrected chi connectivity index (χ4v) is 5.10. The van der Waals surface area contributed by atoms with E-state index in [-0.39, 0.29) is 35.4 Å². The molecule has 0 atom stereocenters. The molecule has 1 fully saturated rings. The molecular formula is C13H15Cl3N2O4S. The van der Waals surface area contributed by atoms with Crippen molar-refractivity contribution in [3.05, 3.63) is 27.2 Å². The van der Waals surface area contributed by atoms with E-state index in [0.29, 0.717) is 17.9 Å². The minimum absolute atomic E-state index is 0.131. The zero-order valence-electron chi connectivity index (χ0n) is 12.3. The summed E-state index contributed by atoms with van der Waals surface area (Å²) in [6, 6.07) is 2.85. The summed E-state index contributed by atoms with van der Waals surface area (Å²) in [5, 5.41) is 0.569. The molecule has 0 radical (unpaired) electrons. The number of hydrogen-bond acceptors (Lipinski definition) is 4. The number of hydrogen-bond donors (Lipinski definition) is 0. The van der Waals surface area contributed by atoms with E-state index in [1.54, 1.807) is 0 Å². The summed E-state index contributed by atoms with van der Waals surface area (Å²) >= 11 is 18.2. The van der Waals surface area contributed by atoms with Gasteiger partial charge in [0.25, 0.3) is 0 Å². The lowest BCUT2D eigenvalue weighted by molar-refractivity contribution is -0.140. The summed E-state index contributed by atoms with van der Waals surface area (Å²) in [6.07, 6.45) is 1.21. The lowest BCUT2D eigenvalue weighted by atomic mass is 10.2. The van der Waals surface area contributed by atoms with Gasteiger partial charge in [0.15, 0.2) is 0 Å². The van der Waals surface area contributed by atoms with Gasteiger partial charge in [0.1, 0.15) is 6.54 Å². The van der Waals surface area contributed by atoms with Gasteiger partial charge in [-0.1, -0.05) is 34.8 Å². The van der Waals surface area contributed by atoms with Crippen LogP contribution in [0.3, 0.4) is 0 Å². The van der Waals surface area contributed by atoms with Crippen molar-refractivity contribution in [1.82, 2.24) is 4.31 Å². The van der Waals surface area contributed by atoms with Crippen molar-refractivity contribution in [3.63, 3.8) is 0 Å². The maximum Gasteiger partial charge on any atom is 0.321 e. The Bertz CT molecular complexity index is 688. The van der Waals surface area contributed by atoms with Crippen LogP contribution in [0, 0.1) is 0 Å². The molecule has 0 unspecified atom stereocenters. The molecule has 0 aromatic heterocycles. The van der Waals surface area contributed by atoms with E-state index in [0.717, 1.165) is 8.61 Å². The van der Waals surface area contributed by atoms with E-state index >= 15 is 0 Å². The highest BCUT2D eigenvalue weighted by Gasteiger charge is 2.35. The van der Waals surface area contributed by atoms with Crippen molar-refractivity contribution in [2.75, 3.05) is 31.0 Å². The molecular weight excluding hydrogens is 387 g/mol. The van der Waals surface area contributed by atoms with Gasteiger partial charge in [0.05, 0.1) is 22.8 Å². The Hall–Kier alpha value is -0.730. The van der Waals surface area contributed by atoms with E-state index in [2.05, 4.69) is 4.74 Å². The number of rotatable bonds is 3. The Morgan fingerprint density at radius 2 is 1.74 bits per heavy atom. The molecule has 0 aliphatic carbocycles. The van der Waals surface area contributed by atoms with Crippen molar-refractivity contribution in [1.29, 1.82) is 0 Å². The van der Waals surface area contributed by atoms with Gasteiger partial charge in [0.2, 0.25) is 0 Å². The maximum absolute atomic E-state index is 12.9. The third-order valence-electron chi connectivity index (χ3n) is 3.39.